The van der Waals surface area contributed by atoms with Crippen LogP contribution in [0.25, 0.3) is 0 Å². The van der Waals surface area contributed by atoms with Crippen LogP contribution in [0.2, 0.25) is 0 Å². The van der Waals surface area contributed by atoms with Gasteiger partial charge >= 0.3 is 0 Å². The van der Waals surface area contributed by atoms with Gasteiger partial charge in [0.1, 0.15) is 11.5 Å². The number of carbonyl (C=O) groups is 2. The molecule has 1 atom stereocenters. The van der Waals surface area contributed by atoms with Crippen molar-refractivity contribution in [2.75, 3.05) is 13.1 Å². The Labute approximate surface area is 135 Å². The summed E-state index contributed by atoms with van der Waals surface area (Å²) in [6.07, 6.45) is 2.30. The molecule has 1 aromatic carbocycles. The third kappa shape index (κ3) is 7.12. The molecule has 0 aromatic heterocycles. The molecule has 0 heterocycles. The predicted octanol–water partition coefficient (Wildman–Crippen LogP) is 0.172. The molecule has 1 aromatic rings. The van der Waals surface area contributed by atoms with Crippen LogP contribution in [-0.2, 0) is 16.0 Å². The number of phenols is 2. The zero-order chi connectivity index (χ0) is 17.2. The maximum absolute atomic E-state index is 11.8. The molecule has 0 saturated heterocycles. The van der Waals surface area contributed by atoms with E-state index in [4.69, 9.17) is 11.5 Å². The number of nitrogens with one attached hydrogen (secondary N) is 1. The van der Waals surface area contributed by atoms with Crippen LogP contribution in [0.3, 0.4) is 0 Å². The van der Waals surface area contributed by atoms with Gasteiger partial charge in [0.15, 0.2) is 5.78 Å². The zero-order valence-electron chi connectivity index (χ0n) is 13.1. The summed E-state index contributed by atoms with van der Waals surface area (Å²) in [4.78, 5) is 23.2. The summed E-state index contributed by atoms with van der Waals surface area (Å²) in [7, 11) is 0. The van der Waals surface area contributed by atoms with Crippen molar-refractivity contribution in [1.82, 2.24) is 5.32 Å². The lowest BCUT2D eigenvalue weighted by atomic mass is 10.0. The van der Waals surface area contributed by atoms with Crippen molar-refractivity contribution in [2.45, 2.75) is 38.1 Å². The highest BCUT2D eigenvalue weighted by molar-refractivity contribution is 5.83. The standard InChI is InChI=1S/C16H25N3O4/c17-7-6-15(22)13(18)3-1-2-8-19-16(23)10-11-9-12(20)4-5-14(11)21/h4-5,9,13,20-21H,1-3,6-8,10,17-18H2,(H,19,23). The number of ketones is 1. The quantitative estimate of drug-likeness (QED) is 0.307. The van der Waals surface area contributed by atoms with Gasteiger partial charge in [-0.2, -0.15) is 0 Å². The van der Waals surface area contributed by atoms with Gasteiger partial charge in [0.2, 0.25) is 5.91 Å². The Bertz CT molecular complexity index is 534. The van der Waals surface area contributed by atoms with Crippen molar-refractivity contribution in [2.24, 2.45) is 11.5 Å². The highest BCUT2D eigenvalue weighted by Gasteiger charge is 2.12. The Morgan fingerprint density at radius 1 is 1.22 bits per heavy atom. The fourth-order valence-corrected chi connectivity index (χ4v) is 2.15. The lowest BCUT2D eigenvalue weighted by molar-refractivity contribution is -0.121. The van der Waals surface area contributed by atoms with Crippen LogP contribution >= 0.6 is 0 Å². The van der Waals surface area contributed by atoms with Crippen LogP contribution in [0.15, 0.2) is 18.2 Å². The van der Waals surface area contributed by atoms with E-state index in [-0.39, 0.29) is 29.6 Å². The number of phenolic OH excluding ortho intramolecular Hbond substituents is 2. The van der Waals surface area contributed by atoms with E-state index >= 15 is 0 Å². The Hall–Kier alpha value is -2.12. The van der Waals surface area contributed by atoms with Crippen molar-refractivity contribution >= 4 is 11.7 Å². The summed E-state index contributed by atoms with van der Waals surface area (Å²) in [5, 5.41) is 21.7. The molecular weight excluding hydrogens is 298 g/mol. The van der Waals surface area contributed by atoms with Crippen molar-refractivity contribution in [3.05, 3.63) is 23.8 Å². The minimum absolute atomic E-state index is 0.00161. The number of amides is 1. The minimum atomic E-state index is -0.488. The first-order valence-corrected chi connectivity index (χ1v) is 7.70. The van der Waals surface area contributed by atoms with Gasteiger partial charge in [-0.15, -0.1) is 0 Å². The molecule has 128 valence electrons. The summed E-state index contributed by atoms with van der Waals surface area (Å²) in [5.74, 6) is -0.297. The Balaban J connectivity index is 2.22. The summed E-state index contributed by atoms with van der Waals surface area (Å²) in [6, 6.07) is 3.57. The van der Waals surface area contributed by atoms with Gasteiger partial charge in [-0.1, -0.05) is 0 Å². The summed E-state index contributed by atoms with van der Waals surface area (Å²) >= 11 is 0. The number of Topliss-reactive ketones (excluding diaryl/α,β-unsaturated/α-hetero) is 1. The molecule has 0 aliphatic rings. The van der Waals surface area contributed by atoms with E-state index in [0.29, 0.717) is 37.9 Å². The molecule has 7 heteroatoms. The number of carbonyl (C=O) groups excluding carboxylic acids is 2. The molecule has 0 saturated carbocycles. The average Bonchev–Trinajstić information content (AvgIpc) is 2.50. The number of unbranched alkanes of at least 4 members (excludes halogenated alkanes) is 1. The molecule has 23 heavy (non-hydrogen) atoms. The van der Waals surface area contributed by atoms with E-state index in [1.54, 1.807) is 0 Å². The first-order valence-electron chi connectivity index (χ1n) is 7.70. The highest BCUT2D eigenvalue weighted by Crippen LogP contribution is 2.22. The van der Waals surface area contributed by atoms with Gasteiger partial charge in [0.05, 0.1) is 12.5 Å². The van der Waals surface area contributed by atoms with E-state index in [1.807, 2.05) is 0 Å². The number of nitrogens with two attached hydrogens (primary N) is 2. The van der Waals surface area contributed by atoms with E-state index in [1.165, 1.54) is 18.2 Å². The molecule has 1 rings (SSSR count). The van der Waals surface area contributed by atoms with Crippen LogP contribution in [0.4, 0.5) is 0 Å². The van der Waals surface area contributed by atoms with Crippen molar-refractivity contribution in [3.63, 3.8) is 0 Å². The maximum Gasteiger partial charge on any atom is 0.224 e. The van der Waals surface area contributed by atoms with E-state index in [9.17, 15) is 19.8 Å². The first kappa shape index (κ1) is 18.9. The monoisotopic (exact) mass is 323 g/mol. The van der Waals surface area contributed by atoms with Crippen molar-refractivity contribution in [3.8, 4) is 11.5 Å². The van der Waals surface area contributed by atoms with Gasteiger partial charge < -0.3 is 27.0 Å². The molecule has 7 nitrogen and oxygen atoms in total. The first-order chi connectivity index (χ1) is 10.9. The van der Waals surface area contributed by atoms with E-state index < -0.39 is 6.04 Å². The largest absolute Gasteiger partial charge is 0.508 e. The van der Waals surface area contributed by atoms with Gasteiger partial charge in [-0.05, 0) is 44.0 Å². The second-order valence-electron chi connectivity index (χ2n) is 5.45. The summed E-state index contributed by atoms with van der Waals surface area (Å²) in [6.45, 7) is 0.778. The van der Waals surface area contributed by atoms with E-state index in [0.717, 1.165) is 6.42 Å². The number of hydrogen-bond acceptors (Lipinski definition) is 6. The van der Waals surface area contributed by atoms with Crippen LogP contribution in [0.1, 0.15) is 31.2 Å². The molecule has 0 radical (unpaired) electrons. The van der Waals surface area contributed by atoms with Crippen LogP contribution in [-0.4, -0.2) is 41.0 Å². The number of benzene rings is 1. The van der Waals surface area contributed by atoms with Crippen LogP contribution in [0, 0.1) is 0 Å². The Morgan fingerprint density at radius 2 is 1.96 bits per heavy atom. The molecule has 0 aliphatic carbocycles. The van der Waals surface area contributed by atoms with Crippen molar-refractivity contribution < 1.29 is 19.8 Å². The minimum Gasteiger partial charge on any atom is -0.508 e. The normalized spacial score (nSPS) is 11.9. The third-order valence-corrected chi connectivity index (χ3v) is 3.48. The van der Waals surface area contributed by atoms with Gasteiger partial charge in [0, 0.05) is 18.5 Å². The lowest BCUT2D eigenvalue weighted by Crippen LogP contribution is -2.32. The molecule has 0 spiro atoms. The smallest absolute Gasteiger partial charge is 0.224 e. The number of aromatic hydroxyl groups is 2. The Morgan fingerprint density at radius 3 is 2.65 bits per heavy atom. The topological polar surface area (TPSA) is 139 Å². The number of rotatable bonds is 10. The molecule has 1 amide bonds. The second-order valence-corrected chi connectivity index (χ2v) is 5.45. The molecule has 0 aliphatic heterocycles. The van der Waals surface area contributed by atoms with Gasteiger partial charge in [0.25, 0.3) is 0 Å². The Kier molecular flexibility index (Phi) is 8.07. The fraction of sp³-hybridized carbons (Fsp3) is 0.500. The van der Waals surface area contributed by atoms with Crippen molar-refractivity contribution in [1.29, 1.82) is 0 Å². The average molecular weight is 323 g/mol. The predicted molar refractivity (Wildman–Crippen MR) is 87.0 cm³/mol. The highest BCUT2D eigenvalue weighted by atomic mass is 16.3. The van der Waals surface area contributed by atoms with Gasteiger partial charge in [-0.3, -0.25) is 9.59 Å². The molecule has 0 fully saturated rings. The molecular formula is C16H25N3O4. The van der Waals surface area contributed by atoms with Gasteiger partial charge in [-0.25, -0.2) is 0 Å². The molecule has 7 N–H and O–H groups in total. The van der Waals surface area contributed by atoms with Crippen LogP contribution in [0.5, 0.6) is 11.5 Å². The molecule has 0 bridgehead atoms. The zero-order valence-corrected chi connectivity index (χ0v) is 13.1. The van der Waals surface area contributed by atoms with E-state index in [2.05, 4.69) is 5.32 Å². The van der Waals surface area contributed by atoms with Crippen LogP contribution < -0.4 is 16.8 Å². The number of hydrogen-bond donors (Lipinski definition) is 5. The maximum atomic E-state index is 11.8. The SMILES string of the molecule is NCCC(=O)C(N)CCCCNC(=O)Cc1cc(O)ccc1O. The summed E-state index contributed by atoms with van der Waals surface area (Å²) < 4.78 is 0. The third-order valence-electron chi connectivity index (χ3n) is 3.48. The fourth-order valence-electron chi connectivity index (χ4n) is 2.15. The summed E-state index contributed by atoms with van der Waals surface area (Å²) in [5.41, 5.74) is 11.4. The lowest BCUT2D eigenvalue weighted by Gasteiger charge is -2.10. The molecule has 1 unspecified atom stereocenters. The second kappa shape index (κ2) is 9.81.